The molecule has 1 heterocycles. The van der Waals surface area contributed by atoms with Gasteiger partial charge in [-0.15, -0.1) is 11.3 Å². The van der Waals surface area contributed by atoms with Crippen molar-refractivity contribution >= 4 is 17.2 Å². The highest BCUT2D eigenvalue weighted by Crippen LogP contribution is 2.18. The van der Waals surface area contributed by atoms with Crippen molar-refractivity contribution in [3.8, 4) is 6.07 Å². The van der Waals surface area contributed by atoms with E-state index in [0.717, 1.165) is 12.1 Å². The Bertz CT molecular complexity index is 441. The van der Waals surface area contributed by atoms with Crippen LogP contribution in [-0.4, -0.2) is 37.6 Å². The van der Waals surface area contributed by atoms with Crippen LogP contribution in [-0.2, 0) is 11.3 Å². The second-order valence-electron chi connectivity index (χ2n) is 3.93. The second-order valence-corrected chi connectivity index (χ2v) is 4.84. The van der Waals surface area contributed by atoms with Gasteiger partial charge in [-0.05, 0) is 17.0 Å². The number of nitrogens with two attached hydrogens (primary N) is 1. The minimum absolute atomic E-state index is 0.281. The third-order valence-electron chi connectivity index (χ3n) is 2.63. The number of nitrogens with one attached hydrogen (secondary N) is 1. The molecule has 0 atom stereocenters. The van der Waals surface area contributed by atoms with Crippen LogP contribution in [0.25, 0.3) is 0 Å². The van der Waals surface area contributed by atoms with Gasteiger partial charge < -0.3 is 4.74 Å². The van der Waals surface area contributed by atoms with Gasteiger partial charge in [0.15, 0.2) is 0 Å². The smallest absolute Gasteiger partial charge is 0.275 e. The standard InChI is InChI=1S/C12H18N4O2S/c1-18-7-6-16(5-2-4-13)9-10-3-8-19-11(10)12(17)15-14/h3,8H,2,5-7,9,14H2,1H3,(H,15,17). The first-order valence-electron chi connectivity index (χ1n) is 5.88. The monoisotopic (exact) mass is 282 g/mol. The quantitative estimate of drug-likeness (QED) is 0.416. The van der Waals surface area contributed by atoms with Gasteiger partial charge in [0.2, 0.25) is 0 Å². The third kappa shape index (κ3) is 4.96. The maximum Gasteiger partial charge on any atom is 0.275 e. The number of carbonyl (C=O) groups is 1. The predicted molar refractivity (Wildman–Crippen MR) is 73.4 cm³/mol. The molecule has 0 fully saturated rings. The number of nitrogens with zero attached hydrogens (tertiary/aromatic N) is 2. The maximum atomic E-state index is 11.6. The molecule has 0 aliphatic carbocycles. The zero-order chi connectivity index (χ0) is 14.1. The number of hydrazine groups is 1. The molecule has 1 rings (SSSR count). The highest BCUT2D eigenvalue weighted by atomic mass is 32.1. The average Bonchev–Trinajstić information content (AvgIpc) is 2.89. The van der Waals surface area contributed by atoms with Crippen molar-refractivity contribution in [3.05, 3.63) is 21.9 Å². The zero-order valence-corrected chi connectivity index (χ0v) is 11.7. The minimum Gasteiger partial charge on any atom is -0.383 e. The molecule has 0 saturated heterocycles. The lowest BCUT2D eigenvalue weighted by molar-refractivity contribution is 0.0955. The Morgan fingerprint density at radius 3 is 3.05 bits per heavy atom. The SMILES string of the molecule is COCCN(CCC#N)Cc1ccsc1C(=O)NN. The highest BCUT2D eigenvalue weighted by Gasteiger charge is 2.14. The van der Waals surface area contributed by atoms with Crippen LogP contribution in [0.4, 0.5) is 0 Å². The van der Waals surface area contributed by atoms with Gasteiger partial charge in [-0.1, -0.05) is 0 Å². The summed E-state index contributed by atoms with van der Waals surface area (Å²) < 4.78 is 5.05. The molecule has 0 aliphatic rings. The lowest BCUT2D eigenvalue weighted by Gasteiger charge is -2.20. The van der Waals surface area contributed by atoms with E-state index >= 15 is 0 Å². The summed E-state index contributed by atoms with van der Waals surface area (Å²) in [6, 6.07) is 4.03. The Kier molecular flexibility index (Phi) is 7.07. The molecule has 0 unspecified atom stereocenters. The van der Waals surface area contributed by atoms with E-state index in [2.05, 4.69) is 16.4 Å². The van der Waals surface area contributed by atoms with E-state index in [0.29, 0.717) is 31.0 Å². The van der Waals surface area contributed by atoms with Gasteiger partial charge in [-0.2, -0.15) is 5.26 Å². The normalized spacial score (nSPS) is 10.4. The summed E-state index contributed by atoms with van der Waals surface area (Å²) in [7, 11) is 1.64. The van der Waals surface area contributed by atoms with E-state index in [1.54, 1.807) is 7.11 Å². The maximum absolute atomic E-state index is 11.6. The number of nitriles is 1. The molecular formula is C12H18N4O2S. The molecule has 1 amide bonds. The summed E-state index contributed by atoms with van der Waals surface area (Å²) in [6.07, 6.45) is 0.451. The van der Waals surface area contributed by atoms with E-state index in [9.17, 15) is 4.79 Å². The van der Waals surface area contributed by atoms with Crippen LogP contribution in [0.1, 0.15) is 21.7 Å². The fourth-order valence-electron chi connectivity index (χ4n) is 1.66. The summed E-state index contributed by atoms with van der Waals surface area (Å²) in [4.78, 5) is 14.3. The lowest BCUT2D eigenvalue weighted by atomic mass is 10.2. The second kappa shape index (κ2) is 8.61. The van der Waals surface area contributed by atoms with Gasteiger partial charge in [0.1, 0.15) is 0 Å². The first kappa shape index (κ1) is 15.6. The van der Waals surface area contributed by atoms with Gasteiger partial charge in [-0.25, -0.2) is 5.84 Å². The fraction of sp³-hybridized carbons (Fsp3) is 0.500. The summed E-state index contributed by atoms with van der Waals surface area (Å²) in [6.45, 7) is 2.57. The number of hydrogen-bond acceptors (Lipinski definition) is 6. The zero-order valence-electron chi connectivity index (χ0n) is 10.9. The molecule has 104 valence electrons. The first-order valence-corrected chi connectivity index (χ1v) is 6.76. The molecule has 1 aromatic heterocycles. The van der Waals surface area contributed by atoms with Crippen molar-refractivity contribution in [1.82, 2.24) is 10.3 Å². The average molecular weight is 282 g/mol. The van der Waals surface area contributed by atoms with Crippen LogP contribution in [0.2, 0.25) is 0 Å². The summed E-state index contributed by atoms with van der Waals surface area (Å²) in [5.41, 5.74) is 3.06. The van der Waals surface area contributed by atoms with Crippen LogP contribution in [0.3, 0.4) is 0 Å². The van der Waals surface area contributed by atoms with E-state index in [-0.39, 0.29) is 5.91 Å². The predicted octanol–water partition coefficient (Wildman–Crippen LogP) is 0.714. The topological polar surface area (TPSA) is 91.4 Å². The minimum atomic E-state index is -0.281. The largest absolute Gasteiger partial charge is 0.383 e. The van der Waals surface area contributed by atoms with Crippen molar-refractivity contribution in [2.75, 3.05) is 26.8 Å². The summed E-state index contributed by atoms with van der Waals surface area (Å²) >= 11 is 1.36. The van der Waals surface area contributed by atoms with Crippen LogP contribution >= 0.6 is 11.3 Å². The number of rotatable bonds is 8. The van der Waals surface area contributed by atoms with Crippen LogP contribution < -0.4 is 11.3 Å². The van der Waals surface area contributed by atoms with E-state index in [1.165, 1.54) is 11.3 Å². The van der Waals surface area contributed by atoms with E-state index in [1.807, 2.05) is 11.4 Å². The number of carbonyl (C=O) groups excluding carboxylic acids is 1. The van der Waals surface area contributed by atoms with Gasteiger partial charge in [0, 0.05) is 33.2 Å². The number of hydrogen-bond donors (Lipinski definition) is 2. The number of thiophene rings is 1. The number of nitrogen functional groups attached to an aromatic ring is 1. The Morgan fingerprint density at radius 2 is 2.42 bits per heavy atom. The molecule has 0 aromatic carbocycles. The van der Waals surface area contributed by atoms with Crippen molar-refractivity contribution in [2.24, 2.45) is 5.84 Å². The Morgan fingerprint density at radius 1 is 1.63 bits per heavy atom. The summed E-state index contributed by atoms with van der Waals surface area (Å²) in [5.74, 6) is 4.87. The molecule has 0 aliphatic heterocycles. The van der Waals surface area contributed by atoms with Gasteiger partial charge in [0.05, 0.1) is 17.6 Å². The van der Waals surface area contributed by atoms with E-state index in [4.69, 9.17) is 15.8 Å². The summed E-state index contributed by atoms with van der Waals surface area (Å²) in [5, 5.41) is 10.5. The lowest BCUT2D eigenvalue weighted by Crippen LogP contribution is -2.32. The molecule has 6 nitrogen and oxygen atoms in total. The molecule has 1 aromatic rings. The van der Waals surface area contributed by atoms with Crippen LogP contribution in [0, 0.1) is 11.3 Å². The molecule has 7 heteroatoms. The van der Waals surface area contributed by atoms with E-state index < -0.39 is 0 Å². The Balaban J connectivity index is 2.69. The molecule has 0 radical (unpaired) electrons. The van der Waals surface area contributed by atoms with Crippen LogP contribution in [0.15, 0.2) is 11.4 Å². The molecule has 0 spiro atoms. The fourth-order valence-corrected chi connectivity index (χ4v) is 2.48. The molecular weight excluding hydrogens is 264 g/mol. The van der Waals surface area contributed by atoms with Crippen molar-refractivity contribution in [2.45, 2.75) is 13.0 Å². The van der Waals surface area contributed by atoms with Crippen molar-refractivity contribution < 1.29 is 9.53 Å². The molecule has 0 saturated carbocycles. The molecule has 0 bridgehead atoms. The Labute approximate surface area is 116 Å². The third-order valence-corrected chi connectivity index (χ3v) is 3.58. The number of ether oxygens (including phenoxy) is 1. The highest BCUT2D eigenvalue weighted by molar-refractivity contribution is 7.12. The Hall–Kier alpha value is -1.46. The first-order chi connectivity index (χ1) is 9.22. The van der Waals surface area contributed by atoms with Crippen LogP contribution in [0.5, 0.6) is 0 Å². The van der Waals surface area contributed by atoms with Crippen molar-refractivity contribution in [1.29, 1.82) is 5.26 Å². The molecule has 19 heavy (non-hydrogen) atoms. The van der Waals surface area contributed by atoms with Crippen molar-refractivity contribution in [3.63, 3.8) is 0 Å². The van der Waals surface area contributed by atoms with Gasteiger partial charge >= 0.3 is 0 Å². The number of amides is 1. The number of methoxy groups -OCH3 is 1. The molecule has 3 N–H and O–H groups in total. The van der Waals surface area contributed by atoms with Gasteiger partial charge in [0.25, 0.3) is 5.91 Å². The van der Waals surface area contributed by atoms with Gasteiger partial charge in [-0.3, -0.25) is 15.1 Å².